The number of carboxylic acid groups (broad SMARTS) is 1. The van der Waals surface area contributed by atoms with E-state index < -0.39 is 21.1 Å². The molecule has 0 saturated carbocycles. The average molecular weight is 220 g/mol. The molecule has 0 saturated heterocycles. The second-order valence-corrected chi connectivity index (χ2v) is 5.32. The molecule has 0 fully saturated rings. The van der Waals surface area contributed by atoms with Gasteiger partial charge in [-0.3, -0.25) is 4.79 Å². The first kappa shape index (κ1) is 13.2. The molecular weight excluding hydrogens is 204 g/mol. The fourth-order valence-electron chi connectivity index (χ4n) is 1.13. The second kappa shape index (κ2) is 5.80. The summed E-state index contributed by atoms with van der Waals surface area (Å²) in [4.78, 5) is 10.7. The van der Waals surface area contributed by atoms with Crippen LogP contribution in [0.3, 0.4) is 0 Å². The molecule has 82 valence electrons. The highest BCUT2D eigenvalue weighted by atomic mass is 32.2. The van der Waals surface area contributed by atoms with Gasteiger partial charge in [0.15, 0.2) is 15.1 Å². The van der Waals surface area contributed by atoms with E-state index in [1.54, 1.807) is 0 Å². The molecule has 0 aromatic carbocycles. The lowest BCUT2D eigenvalue weighted by Gasteiger charge is -2.11. The Balaban J connectivity index is 4.64. The Bertz CT molecular complexity index is 292. The third kappa shape index (κ3) is 3.91. The smallest absolute Gasteiger partial charge is 0.321 e. The van der Waals surface area contributed by atoms with Crippen LogP contribution in [0.5, 0.6) is 0 Å². The van der Waals surface area contributed by atoms with Crippen LogP contribution in [0.4, 0.5) is 0 Å². The van der Waals surface area contributed by atoms with Crippen LogP contribution in [0.25, 0.3) is 0 Å². The number of carbonyl (C=O) groups is 1. The summed E-state index contributed by atoms with van der Waals surface area (Å²) in [7, 11) is -3.56. The van der Waals surface area contributed by atoms with E-state index in [0.717, 1.165) is 6.42 Å². The van der Waals surface area contributed by atoms with Crippen molar-refractivity contribution in [3.8, 4) is 0 Å². The van der Waals surface area contributed by atoms with E-state index in [-0.39, 0.29) is 12.2 Å². The lowest BCUT2D eigenvalue weighted by atomic mass is 10.2. The van der Waals surface area contributed by atoms with Gasteiger partial charge in [0.25, 0.3) is 0 Å². The summed E-state index contributed by atoms with van der Waals surface area (Å²) in [6.45, 7) is 5.18. The van der Waals surface area contributed by atoms with E-state index >= 15 is 0 Å². The van der Waals surface area contributed by atoms with Crippen molar-refractivity contribution in [2.45, 2.75) is 31.4 Å². The summed E-state index contributed by atoms with van der Waals surface area (Å²) >= 11 is 0. The summed E-state index contributed by atoms with van der Waals surface area (Å²) in [5, 5.41) is 7.47. The third-order valence-electron chi connectivity index (χ3n) is 1.88. The van der Waals surface area contributed by atoms with Crippen LogP contribution in [0, 0.1) is 0 Å². The Morgan fingerprint density at radius 1 is 1.57 bits per heavy atom. The highest BCUT2D eigenvalue weighted by molar-refractivity contribution is 7.92. The van der Waals surface area contributed by atoms with Crippen molar-refractivity contribution < 1.29 is 18.3 Å². The molecule has 5 heteroatoms. The summed E-state index contributed by atoms with van der Waals surface area (Å²) in [6, 6.07) is 0. The van der Waals surface area contributed by atoms with Crippen LogP contribution < -0.4 is 0 Å². The van der Waals surface area contributed by atoms with Gasteiger partial charge in [-0.1, -0.05) is 25.8 Å². The lowest BCUT2D eigenvalue weighted by Crippen LogP contribution is -2.31. The van der Waals surface area contributed by atoms with E-state index in [9.17, 15) is 13.2 Å². The maximum atomic E-state index is 11.4. The minimum absolute atomic E-state index is 0.183. The molecule has 0 bridgehead atoms. The number of aliphatic carboxylic acids is 1. The Hall–Kier alpha value is -0.840. The minimum atomic E-state index is -3.56. The van der Waals surface area contributed by atoms with Crippen molar-refractivity contribution in [2.75, 3.05) is 5.75 Å². The fourth-order valence-corrected chi connectivity index (χ4v) is 2.52. The van der Waals surface area contributed by atoms with Crippen molar-refractivity contribution in [1.29, 1.82) is 0 Å². The Morgan fingerprint density at radius 3 is 2.50 bits per heavy atom. The number of sulfone groups is 1. The predicted octanol–water partition coefficient (Wildman–Crippen LogP) is 1.23. The standard InChI is InChI=1S/C9H16O4S/c1-3-5-6-8(9(10)11)14(12,13)7-4-2/h4,8H,2-3,5-7H2,1H3,(H,10,11). The Kier molecular flexibility index (Phi) is 5.45. The van der Waals surface area contributed by atoms with Gasteiger partial charge < -0.3 is 5.11 Å². The zero-order valence-corrected chi connectivity index (χ0v) is 9.09. The summed E-state index contributed by atoms with van der Waals surface area (Å²) in [5.41, 5.74) is 0. The second-order valence-electron chi connectivity index (χ2n) is 3.09. The molecule has 0 amide bonds. The molecule has 0 aliphatic heterocycles. The monoisotopic (exact) mass is 220 g/mol. The van der Waals surface area contributed by atoms with Crippen LogP contribution >= 0.6 is 0 Å². The van der Waals surface area contributed by atoms with E-state index in [1.807, 2.05) is 6.92 Å². The van der Waals surface area contributed by atoms with Crippen molar-refractivity contribution in [2.24, 2.45) is 0 Å². The minimum Gasteiger partial charge on any atom is -0.480 e. The quantitative estimate of drug-likeness (QED) is 0.655. The molecule has 1 unspecified atom stereocenters. The number of hydrogen-bond acceptors (Lipinski definition) is 3. The highest BCUT2D eigenvalue weighted by Gasteiger charge is 2.30. The molecule has 0 spiro atoms. The number of rotatable bonds is 7. The van der Waals surface area contributed by atoms with Gasteiger partial charge in [0.1, 0.15) is 0 Å². The van der Waals surface area contributed by atoms with Crippen LogP contribution in [0.15, 0.2) is 12.7 Å². The number of unbranched alkanes of at least 4 members (excludes halogenated alkanes) is 1. The first-order valence-electron chi connectivity index (χ1n) is 4.51. The average Bonchev–Trinajstić information content (AvgIpc) is 2.03. The SMILES string of the molecule is C=CCS(=O)(=O)C(CCCC)C(=O)O. The fraction of sp³-hybridized carbons (Fsp3) is 0.667. The van der Waals surface area contributed by atoms with Gasteiger partial charge in [-0.25, -0.2) is 8.42 Å². The topological polar surface area (TPSA) is 71.4 Å². The van der Waals surface area contributed by atoms with Crippen molar-refractivity contribution in [1.82, 2.24) is 0 Å². The van der Waals surface area contributed by atoms with Gasteiger partial charge in [0, 0.05) is 0 Å². The molecule has 0 aliphatic rings. The summed E-state index contributed by atoms with van der Waals surface area (Å²) in [5.74, 6) is -1.53. The molecule has 14 heavy (non-hydrogen) atoms. The van der Waals surface area contributed by atoms with Gasteiger partial charge in [-0.2, -0.15) is 0 Å². The van der Waals surface area contributed by atoms with Crippen molar-refractivity contribution >= 4 is 15.8 Å². The van der Waals surface area contributed by atoms with E-state index in [1.165, 1.54) is 6.08 Å². The number of carboxylic acids is 1. The zero-order chi connectivity index (χ0) is 11.2. The molecule has 0 aromatic rings. The summed E-state index contributed by atoms with van der Waals surface area (Å²) in [6.07, 6.45) is 2.79. The molecule has 0 aromatic heterocycles. The molecule has 0 rings (SSSR count). The first-order valence-corrected chi connectivity index (χ1v) is 6.22. The maximum Gasteiger partial charge on any atom is 0.321 e. The van der Waals surface area contributed by atoms with E-state index in [0.29, 0.717) is 6.42 Å². The lowest BCUT2D eigenvalue weighted by molar-refractivity contribution is -0.136. The third-order valence-corrected chi connectivity index (χ3v) is 3.88. The van der Waals surface area contributed by atoms with Crippen LogP contribution in [-0.2, 0) is 14.6 Å². The molecule has 1 N–H and O–H groups in total. The van der Waals surface area contributed by atoms with E-state index in [4.69, 9.17) is 5.11 Å². The summed E-state index contributed by atoms with van der Waals surface area (Å²) < 4.78 is 22.9. The van der Waals surface area contributed by atoms with Gasteiger partial charge in [0.05, 0.1) is 5.75 Å². The van der Waals surface area contributed by atoms with Crippen LogP contribution in [0.1, 0.15) is 26.2 Å². The molecule has 0 radical (unpaired) electrons. The molecular formula is C9H16O4S. The maximum absolute atomic E-state index is 11.4. The van der Waals surface area contributed by atoms with Crippen molar-refractivity contribution in [3.63, 3.8) is 0 Å². The molecule has 4 nitrogen and oxygen atoms in total. The zero-order valence-electron chi connectivity index (χ0n) is 8.27. The van der Waals surface area contributed by atoms with Gasteiger partial charge in [0.2, 0.25) is 0 Å². The van der Waals surface area contributed by atoms with Gasteiger partial charge in [-0.05, 0) is 6.42 Å². The first-order chi connectivity index (χ1) is 6.45. The normalized spacial score (nSPS) is 13.5. The molecule has 0 heterocycles. The largest absolute Gasteiger partial charge is 0.480 e. The molecule has 0 aliphatic carbocycles. The van der Waals surface area contributed by atoms with E-state index in [2.05, 4.69) is 6.58 Å². The number of hydrogen-bond donors (Lipinski definition) is 1. The van der Waals surface area contributed by atoms with Gasteiger partial charge >= 0.3 is 5.97 Å². The van der Waals surface area contributed by atoms with Crippen LogP contribution in [-0.4, -0.2) is 30.5 Å². The molecule has 1 atom stereocenters. The highest BCUT2D eigenvalue weighted by Crippen LogP contribution is 2.11. The Morgan fingerprint density at radius 2 is 2.14 bits per heavy atom. The van der Waals surface area contributed by atoms with Crippen LogP contribution in [0.2, 0.25) is 0 Å². The van der Waals surface area contributed by atoms with Gasteiger partial charge in [-0.15, -0.1) is 6.58 Å². The Labute approximate surface area is 84.6 Å². The predicted molar refractivity (Wildman–Crippen MR) is 54.9 cm³/mol. The van der Waals surface area contributed by atoms with Crippen molar-refractivity contribution in [3.05, 3.63) is 12.7 Å².